The van der Waals surface area contributed by atoms with E-state index < -0.39 is 16.9 Å². The van der Waals surface area contributed by atoms with Gasteiger partial charge in [0, 0.05) is 21.0 Å². The predicted octanol–water partition coefficient (Wildman–Crippen LogP) is 3.46. The number of aliphatic carboxylic acids is 1. The highest BCUT2D eigenvalue weighted by Gasteiger charge is 2.42. The highest BCUT2D eigenvalue weighted by atomic mass is 35.5. The Morgan fingerprint density at radius 1 is 1.33 bits per heavy atom. The first-order chi connectivity index (χ1) is 8.08. The van der Waals surface area contributed by atoms with E-state index in [9.17, 15) is 4.79 Å². The first-order valence-corrected chi connectivity index (χ1v) is 6.30. The van der Waals surface area contributed by atoms with Crippen LogP contribution in [0.25, 0.3) is 0 Å². The van der Waals surface area contributed by atoms with Gasteiger partial charge in [0.25, 0.3) is 0 Å². The van der Waals surface area contributed by atoms with E-state index in [-0.39, 0.29) is 6.42 Å². The molecule has 0 saturated carbocycles. The molecule has 0 aromatic heterocycles. The molecule has 100 valence electrons. The van der Waals surface area contributed by atoms with Crippen LogP contribution in [0.3, 0.4) is 0 Å². The van der Waals surface area contributed by atoms with Crippen molar-refractivity contribution in [2.45, 2.75) is 38.1 Å². The Balaban J connectivity index is 3.43. The van der Waals surface area contributed by atoms with Crippen LogP contribution in [-0.2, 0) is 10.2 Å². The van der Waals surface area contributed by atoms with Crippen molar-refractivity contribution in [3.05, 3.63) is 33.8 Å². The Labute approximate surface area is 117 Å². The fraction of sp³-hybridized carbons (Fsp3) is 0.462. The minimum absolute atomic E-state index is 0.115. The third-order valence-corrected chi connectivity index (χ3v) is 4.01. The van der Waals surface area contributed by atoms with E-state index in [1.165, 1.54) is 0 Å². The zero-order valence-corrected chi connectivity index (χ0v) is 12.1. The Bertz CT molecular complexity index is 469. The molecule has 0 heterocycles. The van der Waals surface area contributed by atoms with E-state index in [0.717, 1.165) is 0 Å². The normalized spacial score (nSPS) is 15.2. The van der Waals surface area contributed by atoms with Crippen LogP contribution >= 0.6 is 23.2 Å². The van der Waals surface area contributed by atoms with Crippen LogP contribution in [0.2, 0.25) is 10.0 Å². The molecular formula is C13H17Cl2NO2. The summed E-state index contributed by atoms with van der Waals surface area (Å²) in [6, 6.07) is 5.00. The van der Waals surface area contributed by atoms with E-state index in [4.69, 9.17) is 34.0 Å². The number of halogens is 2. The molecule has 0 spiro atoms. The molecule has 3 N–H and O–H groups in total. The maximum atomic E-state index is 11.1. The minimum Gasteiger partial charge on any atom is -0.481 e. The monoisotopic (exact) mass is 289 g/mol. The molecule has 1 rings (SSSR count). The SMILES string of the molecule is CC(C)(N)C(C)(CC(=O)O)c1cc(Cl)ccc1Cl. The zero-order valence-electron chi connectivity index (χ0n) is 10.6. The second kappa shape index (κ2) is 5.08. The number of carbonyl (C=O) groups is 1. The summed E-state index contributed by atoms with van der Waals surface area (Å²) in [5.41, 5.74) is 5.25. The Kier molecular flexibility index (Phi) is 4.31. The Morgan fingerprint density at radius 2 is 1.89 bits per heavy atom. The number of carboxylic acid groups (broad SMARTS) is 1. The topological polar surface area (TPSA) is 63.3 Å². The summed E-state index contributed by atoms with van der Waals surface area (Å²) in [6.45, 7) is 5.36. The molecule has 0 aliphatic rings. The maximum absolute atomic E-state index is 11.1. The van der Waals surface area contributed by atoms with Gasteiger partial charge in [-0.1, -0.05) is 30.1 Å². The van der Waals surface area contributed by atoms with Crippen LogP contribution in [0, 0.1) is 0 Å². The van der Waals surface area contributed by atoms with E-state index in [1.807, 2.05) is 0 Å². The van der Waals surface area contributed by atoms with E-state index in [1.54, 1.807) is 39.0 Å². The van der Waals surface area contributed by atoms with Gasteiger partial charge in [0.2, 0.25) is 0 Å². The van der Waals surface area contributed by atoms with Crippen molar-refractivity contribution in [3.63, 3.8) is 0 Å². The van der Waals surface area contributed by atoms with Crippen molar-refractivity contribution < 1.29 is 9.90 Å². The quantitative estimate of drug-likeness (QED) is 0.892. The van der Waals surface area contributed by atoms with Crippen molar-refractivity contribution in [1.29, 1.82) is 0 Å². The van der Waals surface area contributed by atoms with Gasteiger partial charge in [-0.2, -0.15) is 0 Å². The van der Waals surface area contributed by atoms with E-state index in [2.05, 4.69) is 0 Å². The molecule has 0 radical (unpaired) electrons. The molecule has 1 atom stereocenters. The van der Waals surface area contributed by atoms with Crippen molar-refractivity contribution in [1.82, 2.24) is 0 Å². The minimum atomic E-state index is -0.924. The average molecular weight is 290 g/mol. The first-order valence-electron chi connectivity index (χ1n) is 5.54. The van der Waals surface area contributed by atoms with Crippen LogP contribution in [0.1, 0.15) is 32.8 Å². The highest BCUT2D eigenvalue weighted by Crippen LogP contribution is 2.41. The van der Waals surface area contributed by atoms with Gasteiger partial charge in [-0.25, -0.2) is 0 Å². The van der Waals surface area contributed by atoms with Gasteiger partial charge in [-0.15, -0.1) is 0 Å². The number of benzene rings is 1. The van der Waals surface area contributed by atoms with E-state index >= 15 is 0 Å². The molecule has 1 unspecified atom stereocenters. The lowest BCUT2D eigenvalue weighted by Gasteiger charge is -2.41. The lowest BCUT2D eigenvalue weighted by Crippen LogP contribution is -2.53. The number of hydrogen-bond acceptors (Lipinski definition) is 2. The molecule has 5 heteroatoms. The van der Waals surface area contributed by atoms with Gasteiger partial charge in [0.15, 0.2) is 0 Å². The summed E-state index contributed by atoms with van der Waals surface area (Å²) < 4.78 is 0. The van der Waals surface area contributed by atoms with Crippen molar-refractivity contribution >= 4 is 29.2 Å². The third-order valence-electron chi connectivity index (χ3n) is 3.45. The van der Waals surface area contributed by atoms with Crippen LogP contribution in [0.15, 0.2) is 18.2 Å². The van der Waals surface area contributed by atoms with Crippen LogP contribution < -0.4 is 5.73 Å². The number of hydrogen-bond donors (Lipinski definition) is 2. The summed E-state index contributed by atoms with van der Waals surface area (Å²) in [5, 5.41) is 10.1. The summed E-state index contributed by atoms with van der Waals surface area (Å²) in [5.74, 6) is -0.924. The predicted molar refractivity (Wildman–Crippen MR) is 74.3 cm³/mol. The van der Waals surface area contributed by atoms with Gasteiger partial charge in [0.1, 0.15) is 0 Å². The van der Waals surface area contributed by atoms with Crippen LogP contribution in [-0.4, -0.2) is 16.6 Å². The smallest absolute Gasteiger partial charge is 0.304 e. The van der Waals surface area contributed by atoms with Gasteiger partial charge in [-0.3, -0.25) is 4.79 Å². The van der Waals surface area contributed by atoms with Crippen molar-refractivity contribution in [2.75, 3.05) is 0 Å². The molecule has 18 heavy (non-hydrogen) atoms. The fourth-order valence-corrected chi connectivity index (χ4v) is 2.39. The highest BCUT2D eigenvalue weighted by molar-refractivity contribution is 6.33. The van der Waals surface area contributed by atoms with Crippen molar-refractivity contribution in [2.24, 2.45) is 5.73 Å². The third kappa shape index (κ3) is 2.97. The second-order valence-corrected chi connectivity index (χ2v) is 6.09. The molecule has 0 fully saturated rings. The van der Waals surface area contributed by atoms with Crippen molar-refractivity contribution in [3.8, 4) is 0 Å². The Hall–Kier alpha value is -0.770. The summed E-state index contributed by atoms with van der Waals surface area (Å²) in [7, 11) is 0. The molecule has 1 aromatic carbocycles. The molecule has 0 aliphatic heterocycles. The molecule has 3 nitrogen and oxygen atoms in total. The van der Waals surface area contributed by atoms with Crippen LogP contribution in [0.4, 0.5) is 0 Å². The molecule has 0 aliphatic carbocycles. The molecule has 0 bridgehead atoms. The fourth-order valence-electron chi connectivity index (χ4n) is 1.89. The molecular weight excluding hydrogens is 273 g/mol. The Morgan fingerprint density at radius 3 is 2.33 bits per heavy atom. The summed E-state index contributed by atoms with van der Waals surface area (Å²) >= 11 is 12.1. The molecule has 0 saturated heterocycles. The summed E-state index contributed by atoms with van der Waals surface area (Å²) in [6.07, 6.45) is -0.115. The maximum Gasteiger partial charge on any atom is 0.304 e. The standard InChI is InChI=1S/C13H17Cl2NO2/c1-12(2,16)13(3,7-11(17)18)9-6-8(14)4-5-10(9)15/h4-6H,7,16H2,1-3H3,(H,17,18). The van der Waals surface area contributed by atoms with Crippen LogP contribution in [0.5, 0.6) is 0 Å². The largest absolute Gasteiger partial charge is 0.481 e. The zero-order chi connectivity index (χ0) is 14.1. The number of rotatable bonds is 4. The van der Waals surface area contributed by atoms with Gasteiger partial charge in [0.05, 0.1) is 6.42 Å². The second-order valence-electron chi connectivity index (χ2n) is 5.25. The van der Waals surface area contributed by atoms with Gasteiger partial charge >= 0.3 is 5.97 Å². The first kappa shape index (κ1) is 15.3. The van der Waals surface area contributed by atoms with Gasteiger partial charge in [-0.05, 0) is 37.6 Å². The molecule has 0 amide bonds. The number of carboxylic acids is 1. The van der Waals surface area contributed by atoms with E-state index in [0.29, 0.717) is 15.6 Å². The van der Waals surface area contributed by atoms with Gasteiger partial charge < -0.3 is 10.8 Å². The lowest BCUT2D eigenvalue weighted by atomic mass is 9.66. The summed E-state index contributed by atoms with van der Waals surface area (Å²) in [4.78, 5) is 11.1. The molecule has 1 aromatic rings. The lowest BCUT2D eigenvalue weighted by molar-refractivity contribution is -0.139. The number of nitrogens with two attached hydrogens (primary N) is 1. The average Bonchev–Trinajstić information content (AvgIpc) is 2.18.